The van der Waals surface area contributed by atoms with Crippen molar-refractivity contribution in [3.63, 3.8) is 0 Å². The van der Waals surface area contributed by atoms with Gasteiger partial charge in [-0.15, -0.1) is 0 Å². The minimum absolute atomic E-state index is 0.00766. The summed E-state index contributed by atoms with van der Waals surface area (Å²) in [5.41, 5.74) is 0.129. The molecule has 3 amide bonds. The van der Waals surface area contributed by atoms with Crippen molar-refractivity contribution in [2.75, 3.05) is 6.54 Å². The number of Topliss-reactive ketones (excluding diaryl/α,β-unsaturated/α-hetero) is 1. The number of carbonyl (C=O) groups excluding carboxylic acids is 4. The molecule has 0 unspecified atom stereocenters. The third-order valence-corrected chi connectivity index (χ3v) is 7.09. The van der Waals surface area contributed by atoms with Crippen molar-refractivity contribution >= 4 is 46.7 Å². The van der Waals surface area contributed by atoms with Crippen LogP contribution in [0, 0.1) is 29.5 Å². The Bertz CT molecular complexity index is 1200. The lowest BCUT2D eigenvalue weighted by Gasteiger charge is -2.31. The summed E-state index contributed by atoms with van der Waals surface area (Å²) in [5, 5.41) is 1.98. The first kappa shape index (κ1) is 21.8. The van der Waals surface area contributed by atoms with Crippen LogP contribution in [0.3, 0.4) is 0 Å². The van der Waals surface area contributed by atoms with E-state index in [0.29, 0.717) is 5.02 Å². The SMILES string of the molecule is O=C(CN(C(=O)c1ccc(Cl)cc1Cl)N1C(=O)[C@H]2[C@H](C1=O)[C@H]1C=C[C@@H]2C1)c1ccc(F)cc1. The molecule has 1 heterocycles. The van der Waals surface area contributed by atoms with Gasteiger partial charge in [-0.25, -0.2) is 9.40 Å². The predicted molar refractivity (Wildman–Crippen MR) is 118 cm³/mol. The fraction of sp³-hybridized carbons (Fsp3) is 0.250. The van der Waals surface area contributed by atoms with Crippen molar-refractivity contribution in [3.05, 3.63) is 81.6 Å². The predicted octanol–water partition coefficient (Wildman–Crippen LogP) is 4.18. The first-order valence-corrected chi connectivity index (χ1v) is 11.1. The average molecular weight is 487 g/mol. The van der Waals surface area contributed by atoms with Gasteiger partial charge in [-0.05, 0) is 60.7 Å². The van der Waals surface area contributed by atoms with Crippen LogP contribution in [0.2, 0.25) is 10.0 Å². The highest BCUT2D eigenvalue weighted by Crippen LogP contribution is 2.52. The second-order valence-electron chi connectivity index (χ2n) is 8.41. The van der Waals surface area contributed by atoms with E-state index in [1.54, 1.807) is 0 Å². The minimum Gasteiger partial charge on any atom is -0.292 e. The molecule has 9 heteroatoms. The van der Waals surface area contributed by atoms with E-state index >= 15 is 0 Å². The zero-order chi connectivity index (χ0) is 23.4. The smallest absolute Gasteiger partial charge is 0.274 e. The van der Waals surface area contributed by atoms with E-state index in [0.717, 1.165) is 28.6 Å². The first-order chi connectivity index (χ1) is 15.8. The lowest BCUT2D eigenvalue weighted by Crippen LogP contribution is -2.52. The van der Waals surface area contributed by atoms with Crippen LogP contribution in [-0.2, 0) is 9.59 Å². The number of amides is 3. The maximum absolute atomic E-state index is 13.5. The summed E-state index contributed by atoms with van der Waals surface area (Å²) >= 11 is 12.1. The largest absolute Gasteiger partial charge is 0.292 e. The molecule has 0 aromatic heterocycles. The standard InChI is InChI=1S/C24H17Cl2FN2O4/c25-15-5-8-17(18(26)10-15)22(31)28(11-19(30)12-3-6-16(27)7-4-12)29-23(32)20-13-1-2-14(9-13)21(20)24(29)33/h1-8,10,13-14,20-21H,9,11H2/t13-,14+,20-,21-/m1/s1. The fourth-order valence-electron chi connectivity index (χ4n) is 5.02. The maximum Gasteiger partial charge on any atom is 0.274 e. The number of fused-ring (bicyclic) bond motifs is 5. The molecule has 4 atom stereocenters. The van der Waals surface area contributed by atoms with Gasteiger partial charge in [0.2, 0.25) is 0 Å². The van der Waals surface area contributed by atoms with Gasteiger partial charge in [0.15, 0.2) is 5.78 Å². The molecule has 33 heavy (non-hydrogen) atoms. The number of benzene rings is 2. The van der Waals surface area contributed by atoms with E-state index in [2.05, 4.69) is 0 Å². The molecule has 1 aliphatic heterocycles. The highest BCUT2D eigenvalue weighted by Gasteiger charge is 2.61. The number of rotatable bonds is 5. The number of ketones is 1. The summed E-state index contributed by atoms with van der Waals surface area (Å²) in [6, 6.07) is 8.99. The van der Waals surface area contributed by atoms with Crippen molar-refractivity contribution in [1.82, 2.24) is 10.0 Å². The Balaban J connectivity index is 1.52. The Morgan fingerprint density at radius 1 is 0.970 bits per heavy atom. The van der Waals surface area contributed by atoms with Crippen molar-refractivity contribution < 1.29 is 23.6 Å². The molecule has 168 valence electrons. The van der Waals surface area contributed by atoms with E-state index < -0.39 is 47.7 Å². The van der Waals surface area contributed by atoms with E-state index in [9.17, 15) is 23.6 Å². The van der Waals surface area contributed by atoms with Crippen LogP contribution in [0.15, 0.2) is 54.6 Å². The number of halogens is 3. The highest BCUT2D eigenvalue weighted by molar-refractivity contribution is 6.36. The van der Waals surface area contributed by atoms with Gasteiger partial charge >= 0.3 is 0 Å². The van der Waals surface area contributed by atoms with Gasteiger partial charge in [0.1, 0.15) is 12.4 Å². The van der Waals surface area contributed by atoms with Crippen LogP contribution in [0.4, 0.5) is 4.39 Å². The highest BCUT2D eigenvalue weighted by atomic mass is 35.5. The molecule has 3 aliphatic rings. The fourth-order valence-corrected chi connectivity index (χ4v) is 5.51. The molecular formula is C24H17Cl2FN2O4. The topological polar surface area (TPSA) is 74.8 Å². The number of nitrogens with zero attached hydrogens (tertiary/aromatic N) is 2. The van der Waals surface area contributed by atoms with E-state index in [1.807, 2.05) is 12.2 Å². The van der Waals surface area contributed by atoms with Crippen LogP contribution < -0.4 is 0 Å². The molecule has 2 aromatic carbocycles. The quantitative estimate of drug-likeness (QED) is 0.361. The molecule has 2 fully saturated rings. The molecule has 0 spiro atoms. The molecule has 2 aliphatic carbocycles. The first-order valence-electron chi connectivity index (χ1n) is 10.4. The van der Waals surface area contributed by atoms with Crippen LogP contribution in [0.1, 0.15) is 27.1 Å². The van der Waals surface area contributed by atoms with Crippen molar-refractivity contribution in [2.45, 2.75) is 6.42 Å². The molecule has 5 rings (SSSR count). The Morgan fingerprint density at radius 3 is 2.15 bits per heavy atom. The lowest BCUT2D eigenvalue weighted by molar-refractivity contribution is -0.154. The van der Waals surface area contributed by atoms with Crippen LogP contribution in [0.5, 0.6) is 0 Å². The number of hydrogen-bond acceptors (Lipinski definition) is 4. The number of imide groups is 1. The number of hydrogen-bond donors (Lipinski definition) is 0. The van der Waals surface area contributed by atoms with E-state index in [1.165, 1.54) is 30.3 Å². The van der Waals surface area contributed by atoms with Crippen molar-refractivity contribution in [3.8, 4) is 0 Å². The third kappa shape index (κ3) is 3.56. The number of allylic oxidation sites excluding steroid dienone is 2. The van der Waals surface area contributed by atoms with Gasteiger partial charge < -0.3 is 0 Å². The molecule has 1 saturated carbocycles. The van der Waals surface area contributed by atoms with Gasteiger partial charge in [-0.1, -0.05) is 35.4 Å². The normalized spacial score (nSPS) is 25.0. The molecule has 0 N–H and O–H groups in total. The Morgan fingerprint density at radius 2 is 1.58 bits per heavy atom. The van der Waals surface area contributed by atoms with Crippen LogP contribution >= 0.6 is 23.2 Å². The molecule has 2 bridgehead atoms. The molecule has 2 aromatic rings. The molecule has 0 radical (unpaired) electrons. The summed E-state index contributed by atoms with van der Waals surface area (Å²) in [5.74, 6) is -4.11. The van der Waals surface area contributed by atoms with Crippen molar-refractivity contribution in [1.29, 1.82) is 0 Å². The summed E-state index contributed by atoms with van der Waals surface area (Å²) in [6.07, 6.45) is 4.60. The molecule has 1 saturated heterocycles. The summed E-state index contributed by atoms with van der Waals surface area (Å²) in [4.78, 5) is 53.1. The summed E-state index contributed by atoms with van der Waals surface area (Å²) < 4.78 is 13.3. The summed E-state index contributed by atoms with van der Waals surface area (Å²) in [7, 11) is 0. The minimum atomic E-state index is -0.783. The average Bonchev–Trinajstić information content (AvgIpc) is 3.46. The van der Waals surface area contributed by atoms with Gasteiger partial charge in [0.05, 0.1) is 22.4 Å². The summed E-state index contributed by atoms with van der Waals surface area (Å²) in [6.45, 7) is -0.594. The Labute approximate surface area is 198 Å². The second kappa shape index (κ2) is 8.08. The molecular weight excluding hydrogens is 470 g/mol. The zero-order valence-corrected chi connectivity index (χ0v) is 18.6. The number of hydrazine groups is 1. The lowest BCUT2D eigenvalue weighted by atomic mass is 9.85. The van der Waals surface area contributed by atoms with Crippen LogP contribution in [0.25, 0.3) is 0 Å². The Kier molecular flexibility index (Phi) is 5.34. The van der Waals surface area contributed by atoms with Crippen LogP contribution in [-0.4, -0.2) is 40.1 Å². The van der Waals surface area contributed by atoms with Gasteiger partial charge in [0.25, 0.3) is 17.7 Å². The van der Waals surface area contributed by atoms with Gasteiger partial charge in [-0.3, -0.25) is 19.2 Å². The van der Waals surface area contributed by atoms with Gasteiger partial charge in [-0.2, -0.15) is 5.01 Å². The molecule has 6 nitrogen and oxygen atoms in total. The maximum atomic E-state index is 13.5. The Hall–Kier alpha value is -3.03. The van der Waals surface area contributed by atoms with E-state index in [4.69, 9.17) is 23.2 Å². The van der Waals surface area contributed by atoms with E-state index in [-0.39, 0.29) is 28.0 Å². The second-order valence-corrected chi connectivity index (χ2v) is 9.25. The van der Waals surface area contributed by atoms with Crippen molar-refractivity contribution in [2.24, 2.45) is 23.7 Å². The number of carbonyl (C=O) groups is 4. The zero-order valence-electron chi connectivity index (χ0n) is 17.1. The van der Waals surface area contributed by atoms with Gasteiger partial charge in [0, 0.05) is 10.6 Å². The third-order valence-electron chi connectivity index (χ3n) is 6.54. The monoisotopic (exact) mass is 486 g/mol.